The van der Waals surface area contributed by atoms with Crippen LogP contribution in [-0.4, -0.2) is 44.5 Å². The third kappa shape index (κ3) is 2.34. The molecule has 1 saturated carbocycles. The minimum absolute atomic E-state index is 0.00808. The van der Waals surface area contributed by atoms with E-state index in [0.717, 1.165) is 50.0 Å². The molecule has 1 amide bonds. The number of carbonyl (C=O) groups is 1. The summed E-state index contributed by atoms with van der Waals surface area (Å²) in [6.45, 7) is 3.44. The molecule has 1 aliphatic carbocycles. The lowest BCUT2D eigenvalue weighted by Crippen LogP contribution is -2.49. The van der Waals surface area contributed by atoms with Crippen LogP contribution in [0.25, 0.3) is 5.65 Å². The Bertz CT molecular complexity index is 754. The molecule has 0 aromatic carbocycles. The van der Waals surface area contributed by atoms with E-state index in [1.54, 1.807) is 0 Å². The summed E-state index contributed by atoms with van der Waals surface area (Å²) in [7, 11) is 0. The molecule has 2 aromatic heterocycles. The lowest BCUT2D eigenvalue weighted by molar-refractivity contribution is -0.00553. The predicted octanol–water partition coefficient (Wildman–Crippen LogP) is 2.41. The molecule has 1 N–H and O–H groups in total. The van der Waals surface area contributed by atoms with Crippen molar-refractivity contribution in [2.75, 3.05) is 13.1 Å². The Hall–Kier alpha value is -1.88. The maximum absolute atomic E-state index is 12.9. The molecule has 0 unspecified atom stereocenters. The Morgan fingerprint density at radius 3 is 2.91 bits per heavy atom. The molecule has 0 radical (unpaired) electrons. The number of hydrogen-bond acceptors (Lipinski definition) is 3. The van der Waals surface area contributed by atoms with Gasteiger partial charge in [-0.15, -0.1) is 0 Å². The highest BCUT2D eigenvalue weighted by Crippen LogP contribution is 2.45. The van der Waals surface area contributed by atoms with Gasteiger partial charge in [-0.2, -0.15) is 0 Å². The van der Waals surface area contributed by atoms with Crippen molar-refractivity contribution in [3.8, 4) is 0 Å². The van der Waals surface area contributed by atoms with Crippen LogP contribution in [0, 0.1) is 12.3 Å². The summed E-state index contributed by atoms with van der Waals surface area (Å²) >= 11 is 0. The van der Waals surface area contributed by atoms with Crippen molar-refractivity contribution in [1.29, 1.82) is 0 Å². The van der Waals surface area contributed by atoms with Gasteiger partial charge in [0.05, 0.1) is 6.10 Å². The maximum atomic E-state index is 12.9. The molecular formula is C18H23N3O2. The van der Waals surface area contributed by atoms with Gasteiger partial charge in [0.1, 0.15) is 11.3 Å². The fourth-order valence-corrected chi connectivity index (χ4v) is 4.34. The zero-order valence-corrected chi connectivity index (χ0v) is 13.5. The number of nitrogens with zero attached hydrogens (tertiary/aromatic N) is 3. The van der Waals surface area contributed by atoms with Crippen LogP contribution in [0.2, 0.25) is 0 Å². The Labute approximate surface area is 135 Å². The van der Waals surface area contributed by atoms with E-state index in [2.05, 4.69) is 4.98 Å². The second-order valence-electron chi connectivity index (χ2n) is 7.12. The van der Waals surface area contributed by atoms with E-state index >= 15 is 0 Å². The van der Waals surface area contributed by atoms with Crippen molar-refractivity contribution < 1.29 is 9.90 Å². The van der Waals surface area contributed by atoms with Crippen LogP contribution < -0.4 is 0 Å². The summed E-state index contributed by atoms with van der Waals surface area (Å²) < 4.78 is 1.96. The Kier molecular flexibility index (Phi) is 3.41. The van der Waals surface area contributed by atoms with Crippen molar-refractivity contribution in [1.82, 2.24) is 14.3 Å². The van der Waals surface area contributed by atoms with Crippen molar-refractivity contribution in [2.45, 2.75) is 45.1 Å². The summed E-state index contributed by atoms with van der Waals surface area (Å²) in [5, 5.41) is 10.4. The number of rotatable bonds is 1. The highest BCUT2D eigenvalue weighted by atomic mass is 16.3. The average molecular weight is 313 g/mol. The van der Waals surface area contributed by atoms with Gasteiger partial charge in [0.15, 0.2) is 0 Å². The van der Waals surface area contributed by atoms with Crippen molar-refractivity contribution in [3.63, 3.8) is 0 Å². The number of imidazole rings is 1. The minimum atomic E-state index is -0.263. The van der Waals surface area contributed by atoms with Gasteiger partial charge in [-0.3, -0.25) is 4.79 Å². The van der Waals surface area contributed by atoms with Crippen LogP contribution in [0.3, 0.4) is 0 Å². The van der Waals surface area contributed by atoms with Crippen molar-refractivity contribution in [3.05, 3.63) is 35.8 Å². The molecule has 5 heteroatoms. The van der Waals surface area contributed by atoms with E-state index in [0.29, 0.717) is 12.2 Å². The summed E-state index contributed by atoms with van der Waals surface area (Å²) in [5.74, 6) is -0.00808. The molecule has 4 rings (SSSR count). The number of aliphatic hydroxyl groups is 1. The topological polar surface area (TPSA) is 57.8 Å². The number of hydrogen-bond donors (Lipinski definition) is 1. The molecule has 2 aromatic rings. The standard InChI is InChI=1S/C18H23N3O2/c1-13-5-2-7-16-19-14(11-21(13)16)17(23)20-10-4-9-18(12-20)8-3-6-15(18)22/h2,5,7,11,15,22H,3-4,6,8-10,12H2,1H3/t15-,18+/m1/s1. The molecule has 2 atom stereocenters. The van der Waals surface area contributed by atoms with E-state index in [9.17, 15) is 9.90 Å². The number of aryl methyl sites for hydroxylation is 1. The normalized spacial score (nSPS) is 27.9. The van der Waals surface area contributed by atoms with Gasteiger partial charge in [-0.1, -0.05) is 12.5 Å². The molecule has 3 heterocycles. The minimum Gasteiger partial charge on any atom is -0.392 e. The molecule has 2 aliphatic rings. The number of amides is 1. The second-order valence-corrected chi connectivity index (χ2v) is 7.12. The Balaban J connectivity index is 1.61. The van der Waals surface area contributed by atoms with Gasteiger partial charge in [-0.05, 0) is 44.7 Å². The molecule has 0 bridgehead atoms. The first-order valence-corrected chi connectivity index (χ1v) is 8.51. The van der Waals surface area contributed by atoms with E-state index < -0.39 is 0 Å². The van der Waals surface area contributed by atoms with Crippen LogP contribution >= 0.6 is 0 Å². The molecular weight excluding hydrogens is 290 g/mol. The number of aromatic nitrogens is 2. The zero-order valence-electron chi connectivity index (χ0n) is 13.5. The Morgan fingerprint density at radius 2 is 2.17 bits per heavy atom. The first-order valence-electron chi connectivity index (χ1n) is 8.51. The van der Waals surface area contributed by atoms with Gasteiger partial charge in [0.25, 0.3) is 5.91 Å². The molecule has 23 heavy (non-hydrogen) atoms. The number of carbonyl (C=O) groups excluding carboxylic acids is 1. The summed E-state index contributed by atoms with van der Waals surface area (Å²) in [4.78, 5) is 19.3. The zero-order chi connectivity index (χ0) is 16.0. The van der Waals surface area contributed by atoms with Crippen molar-refractivity contribution in [2.24, 2.45) is 5.41 Å². The van der Waals surface area contributed by atoms with E-state index in [1.807, 2.05) is 40.6 Å². The van der Waals surface area contributed by atoms with Crippen LogP contribution in [-0.2, 0) is 0 Å². The van der Waals surface area contributed by atoms with Gasteiger partial charge < -0.3 is 14.4 Å². The van der Waals surface area contributed by atoms with Crippen molar-refractivity contribution >= 4 is 11.6 Å². The predicted molar refractivity (Wildman–Crippen MR) is 87.4 cm³/mol. The summed E-state index contributed by atoms with van der Waals surface area (Å²) in [5.41, 5.74) is 2.29. The number of aliphatic hydroxyl groups excluding tert-OH is 1. The largest absolute Gasteiger partial charge is 0.392 e. The van der Waals surface area contributed by atoms with Crippen LogP contribution in [0.4, 0.5) is 0 Å². The quantitative estimate of drug-likeness (QED) is 0.879. The van der Waals surface area contributed by atoms with E-state index in [4.69, 9.17) is 0 Å². The number of piperidine rings is 1. The van der Waals surface area contributed by atoms with E-state index in [1.165, 1.54) is 0 Å². The number of pyridine rings is 1. The average Bonchev–Trinajstić information content (AvgIpc) is 3.13. The van der Waals surface area contributed by atoms with Crippen LogP contribution in [0.5, 0.6) is 0 Å². The summed E-state index contributed by atoms with van der Waals surface area (Å²) in [6, 6.07) is 5.88. The maximum Gasteiger partial charge on any atom is 0.274 e. The molecule has 1 aliphatic heterocycles. The van der Waals surface area contributed by atoms with Gasteiger partial charge in [-0.25, -0.2) is 4.98 Å². The molecule has 1 saturated heterocycles. The second kappa shape index (κ2) is 5.34. The molecule has 122 valence electrons. The smallest absolute Gasteiger partial charge is 0.274 e. The third-order valence-corrected chi connectivity index (χ3v) is 5.67. The molecule has 5 nitrogen and oxygen atoms in total. The molecule has 1 spiro atoms. The third-order valence-electron chi connectivity index (χ3n) is 5.67. The lowest BCUT2D eigenvalue weighted by atomic mass is 9.76. The van der Waals surface area contributed by atoms with Gasteiger partial charge in [0.2, 0.25) is 0 Å². The first-order chi connectivity index (χ1) is 11.1. The lowest BCUT2D eigenvalue weighted by Gasteiger charge is -2.42. The number of fused-ring (bicyclic) bond motifs is 1. The SMILES string of the molecule is Cc1cccc2nc(C(=O)N3CCC[C@@]4(CCC[C@H]4O)C3)cn12. The van der Waals surface area contributed by atoms with Crippen LogP contribution in [0.1, 0.15) is 48.3 Å². The first kappa shape index (κ1) is 14.7. The fraction of sp³-hybridized carbons (Fsp3) is 0.556. The Morgan fingerprint density at radius 1 is 1.35 bits per heavy atom. The highest BCUT2D eigenvalue weighted by Gasteiger charge is 2.45. The molecule has 2 fully saturated rings. The fourth-order valence-electron chi connectivity index (χ4n) is 4.34. The van der Waals surface area contributed by atoms with Gasteiger partial charge >= 0.3 is 0 Å². The summed E-state index contributed by atoms with van der Waals surface area (Å²) in [6.07, 6.45) is 6.53. The van der Waals surface area contributed by atoms with Crippen LogP contribution in [0.15, 0.2) is 24.4 Å². The van der Waals surface area contributed by atoms with E-state index in [-0.39, 0.29) is 17.4 Å². The highest BCUT2D eigenvalue weighted by molar-refractivity contribution is 5.93. The number of likely N-dealkylation sites (tertiary alicyclic amines) is 1. The monoisotopic (exact) mass is 313 g/mol. The van der Waals surface area contributed by atoms with Gasteiger partial charge in [0, 0.05) is 30.4 Å².